The van der Waals surface area contributed by atoms with Crippen LogP contribution in [0.4, 0.5) is 0 Å². The van der Waals surface area contributed by atoms with Gasteiger partial charge in [-0.15, -0.1) is 0 Å². The summed E-state index contributed by atoms with van der Waals surface area (Å²) in [5.74, 6) is 0. The number of halogens is 1. The van der Waals surface area contributed by atoms with Crippen LogP contribution in [0.3, 0.4) is 0 Å². The van der Waals surface area contributed by atoms with Crippen LogP contribution >= 0.6 is 11.6 Å². The smallest absolute Gasteiger partial charge is 0.145 e. The summed E-state index contributed by atoms with van der Waals surface area (Å²) >= 11 is 6.18. The first-order valence-electron chi connectivity index (χ1n) is 10.2. The first-order valence-corrected chi connectivity index (χ1v) is 10.5. The van der Waals surface area contributed by atoms with Crippen molar-refractivity contribution >= 4 is 17.3 Å². The lowest BCUT2D eigenvalue weighted by molar-refractivity contribution is 0.0318. The fraction of sp³-hybridized carbons (Fsp3) is 0.240. The van der Waals surface area contributed by atoms with Gasteiger partial charge in [0.05, 0.1) is 11.8 Å². The van der Waals surface area contributed by atoms with Gasteiger partial charge in [-0.1, -0.05) is 89.6 Å². The number of hydrogen-bond acceptors (Lipinski definition) is 4. The molecule has 0 aromatic heterocycles. The van der Waals surface area contributed by atoms with E-state index in [9.17, 15) is 5.11 Å². The minimum absolute atomic E-state index is 0.0534. The second-order valence-electron chi connectivity index (χ2n) is 7.59. The maximum absolute atomic E-state index is 10.8. The maximum Gasteiger partial charge on any atom is 0.145 e. The van der Waals surface area contributed by atoms with Gasteiger partial charge in [0.25, 0.3) is 0 Å². The van der Waals surface area contributed by atoms with E-state index in [4.69, 9.17) is 16.4 Å². The van der Waals surface area contributed by atoms with E-state index in [1.807, 2.05) is 78.9 Å². The van der Waals surface area contributed by atoms with E-state index < -0.39 is 6.10 Å². The van der Waals surface area contributed by atoms with E-state index in [0.29, 0.717) is 24.7 Å². The van der Waals surface area contributed by atoms with Gasteiger partial charge in [0.1, 0.15) is 6.10 Å². The molecule has 0 bridgehead atoms. The Morgan fingerprint density at radius 3 is 2.47 bits per heavy atom. The highest BCUT2D eigenvalue weighted by molar-refractivity contribution is 6.30. The number of benzene rings is 3. The highest BCUT2D eigenvalue weighted by Gasteiger charge is 2.26. The van der Waals surface area contributed by atoms with E-state index in [-0.39, 0.29) is 6.10 Å². The molecule has 0 aliphatic carbocycles. The Balaban J connectivity index is 1.45. The summed E-state index contributed by atoms with van der Waals surface area (Å²) in [7, 11) is 0. The fourth-order valence-electron chi connectivity index (χ4n) is 3.74. The van der Waals surface area contributed by atoms with Crippen LogP contribution in [0.5, 0.6) is 0 Å². The normalized spacial score (nSPS) is 16.9. The maximum atomic E-state index is 10.8. The van der Waals surface area contributed by atoms with Gasteiger partial charge < -0.3 is 9.94 Å². The predicted octanol–water partition coefficient (Wildman–Crippen LogP) is 5.07. The van der Waals surface area contributed by atoms with Crippen LogP contribution < -0.4 is 0 Å². The van der Waals surface area contributed by atoms with Crippen molar-refractivity contribution in [2.24, 2.45) is 5.16 Å². The Morgan fingerprint density at radius 2 is 1.73 bits per heavy atom. The molecule has 30 heavy (non-hydrogen) atoms. The van der Waals surface area contributed by atoms with Gasteiger partial charge in [-0.2, -0.15) is 0 Å². The van der Waals surface area contributed by atoms with Gasteiger partial charge in [0, 0.05) is 31.1 Å². The lowest BCUT2D eigenvalue weighted by atomic mass is 10.0. The standard InChI is InChI=1S/C25H25ClN2O2/c26-22-13-7-8-19(14-22)16-28(18-25(29)21-11-5-2-6-12-21)17-23-15-24(27-30-23)20-9-3-1-4-10-20/h1-14,23,25,29H,15-18H2. The number of rotatable bonds is 8. The SMILES string of the molecule is OC(CN(Cc1cccc(Cl)c1)CC1CC(c2ccccc2)=NO1)c1ccccc1. The molecule has 154 valence electrons. The van der Waals surface area contributed by atoms with Crippen molar-refractivity contribution < 1.29 is 9.94 Å². The molecule has 0 amide bonds. The highest BCUT2D eigenvalue weighted by atomic mass is 35.5. The van der Waals surface area contributed by atoms with Crippen molar-refractivity contribution in [1.82, 2.24) is 4.90 Å². The molecule has 4 rings (SSSR count). The lowest BCUT2D eigenvalue weighted by Crippen LogP contribution is -2.35. The van der Waals surface area contributed by atoms with Gasteiger partial charge in [0.2, 0.25) is 0 Å². The Hall–Kier alpha value is -2.66. The van der Waals surface area contributed by atoms with Crippen molar-refractivity contribution in [3.63, 3.8) is 0 Å². The molecule has 0 spiro atoms. The number of aliphatic hydroxyl groups excluding tert-OH is 1. The second-order valence-corrected chi connectivity index (χ2v) is 8.02. The van der Waals surface area contributed by atoms with E-state index in [1.165, 1.54) is 0 Å². The summed E-state index contributed by atoms with van der Waals surface area (Å²) in [5, 5.41) is 15.8. The zero-order chi connectivity index (χ0) is 20.8. The van der Waals surface area contributed by atoms with Gasteiger partial charge in [-0.05, 0) is 28.8 Å². The van der Waals surface area contributed by atoms with Gasteiger partial charge in [-0.25, -0.2) is 0 Å². The molecule has 0 fully saturated rings. The Kier molecular flexibility index (Phi) is 6.80. The van der Waals surface area contributed by atoms with Crippen LogP contribution in [0.1, 0.15) is 29.2 Å². The summed E-state index contributed by atoms with van der Waals surface area (Å²) in [6.07, 6.45) is 0.112. The molecular formula is C25H25ClN2O2. The Labute approximate surface area is 182 Å². The fourth-order valence-corrected chi connectivity index (χ4v) is 3.95. The number of oxime groups is 1. The van der Waals surface area contributed by atoms with Crippen LogP contribution in [0.25, 0.3) is 0 Å². The quantitative estimate of drug-likeness (QED) is 0.553. The summed E-state index contributed by atoms with van der Waals surface area (Å²) < 4.78 is 0. The summed E-state index contributed by atoms with van der Waals surface area (Å²) in [6.45, 7) is 1.83. The molecule has 0 radical (unpaired) electrons. The number of nitrogens with zero attached hydrogens (tertiary/aromatic N) is 2. The predicted molar refractivity (Wildman–Crippen MR) is 121 cm³/mol. The molecule has 1 N–H and O–H groups in total. The van der Waals surface area contributed by atoms with Crippen LogP contribution in [-0.4, -0.2) is 34.9 Å². The first kappa shape index (κ1) is 20.6. The van der Waals surface area contributed by atoms with Crippen LogP contribution in [0, 0.1) is 0 Å². The molecule has 1 aliphatic rings. The third-order valence-electron chi connectivity index (χ3n) is 5.21. The van der Waals surface area contributed by atoms with Crippen molar-refractivity contribution in [2.45, 2.75) is 25.2 Å². The zero-order valence-electron chi connectivity index (χ0n) is 16.7. The Bertz CT molecular complexity index is 979. The summed E-state index contributed by atoms with van der Waals surface area (Å²) in [4.78, 5) is 7.94. The monoisotopic (exact) mass is 420 g/mol. The van der Waals surface area contributed by atoms with Crippen LogP contribution in [0.15, 0.2) is 90.1 Å². The molecule has 2 atom stereocenters. The Morgan fingerprint density at radius 1 is 1.00 bits per heavy atom. The lowest BCUT2D eigenvalue weighted by Gasteiger charge is -2.27. The van der Waals surface area contributed by atoms with E-state index in [1.54, 1.807) is 0 Å². The van der Waals surface area contributed by atoms with Crippen molar-refractivity contribution in [3.8, 4) is 0 Å². The van der Waals surface area contributed by atoms with Crippen LogP contribution in [-0.2, 0) is 11.4 Å². The largest absolute Gasteiger partial charge is 0.390 e. The molecule has 4 nitrogen and oxygen atoms in total. The molecule has 2 unspecified atom stereocenters. The molecule has 0 saturated heterocycles. The van der Waals surface area contributed by atoms with Gasteiger partial charge >= 0.3 is 0 Å². The average molecular weight is 421 g/mol. The van der Waals surface area contributed by atoms with Crippen LogP contribution in [0.2, 0.25) is 5.02 Å². The van der Waals surface area contributed by atoms with E-state index >= 15 is 0 Å². The molecule has 0 saturated carbocycles. The first-order chi connectivity index (χ1) is 14.7. The van der Waals surface area contributed by atoms with Crippen molar-refractivity contribution in [3.05, 3.63) is 107 Å². The topological polar surface area (TPSA) is 45.1 Å². The summed E-state index contributed by atoms with van der Waals surface area (Å²) in [5.41, 5.74) is 4.06. The van der Waals surface area contributed by atoms with Crippen molar-refractivity contribution in [1.29, 1.82) is 0 Å². The second kappa shape index (κ2) is 9.90. The number of aliphatic hydroxyl groups is 1. The van der Waals surface area contributed by atoms with E-state index in [2.05, 4.69) is 16.1 Å². The molecule has 3 aromatic rings. The highest BCUT2D eigenvalue weighted by Crippen LogP contribution is 2.22. The minimum atomic E-state index is -0.582. The van der Waals surface area contributed by atoms with Gasteiger partial charge in [0.15, 0.2) is 0 Å². The zero-order valence-corrected chi connectivity index (χ0v) is 17.4. The third kappa shape index (κ3) is 5.48. The van der Waals surface area contributed by atoms with Gasteiger partial charge in [-0.3, -0.25) is 4.90 Å². The third-order valence-corrected chi connectivity index (χ3v) is 5.45. The molecular weight excluding hydrogens is 396 g/mol. The minimum Gasteiger partial charge on any atom is -0.390 e. The van der Waals surface area contributed by atoms with E-state index in [0.717, 1.165) is 28.8 Å². The molecule has 1 heterocycles. The van der Waals surface area contributed by atoms with Crippen molar-refractivity contribution in [2.75, 3.05) is 13.1 Å². The summed E-state index contributed by atoms with van der Waals surface area (Å²) in [6, 6.07) is 27.7. The number of hydrogen-bond donors (Lipinski definition) is 1. The average Bonchev–Trinajstić information content (AvgIpc) is 3.23. The molecule has 3 aromatic carbocycles. The molecule has 5 heteroatoms. The molecule has 1 aliphatic heterocycles.